The zero-order valence-corrected chi connectivity index (χ0v) is 7.39. The van der Waals surface area contributed by atoms with Crippen molar-refractivity contribution >= 4 is 0 Å². The first-order valence-corrected chi connectivity index (χ1v) is 3.62. The molecule has 0 bridgehead atoms. The number of hydrogen-bond acceptors (Lipinski definition) is 2. The van der Waals surface area contributed by atoms with Gasteiger partial charge in [-0.15, -0.1) is 0 Å². The van der Waals surface area contributed by atoms with Gasteiger partial charge in [0.2, 0.25) is 0 Å². The van der Waals surface area contributed by atoms with Crippen molar-refractivity contribution in [3.05, 3.63) is 0 Å². The predicted molar refractivity (Wildman–Crippen MR) is 39.7 cm³/mol. The summed E-state index contributed by atoms with van der Waals surface area (Å²) in [7, 11) is 1.68. The lowest BCUT2D eigenvalue weighted by Gasteiger charge is -2.56. The van der Waals surface area contributed by atoms with Crippen LogP contribution in [0.1, 0.15) is 27.7 Å². The molecule has 1 heterocycles. The van der Waals surface area contributed by atoms with Crippen molar-refractivity contribution in [2.45, 2.75) is 39.6 Å². The summed E-state index contributed by atoms with van der Waals surface area (Å²) < 4.78 is 10.6. The lowest BCUT2D eigenvalue weighted by atomic mass is 9.71. The molecule has 0 radical (unpaired) electrons. The minimum atomic E-state index is -0.0341. The van der Waals surface area contributed by atoms with E-state index in [0.717, 1.165) is 0 Å². The Bertz CT molecular complexity index is 138. The number of methoxy groups -OCH3 is 1. The molecule has 0 aromatic heterocycles. The maximum Gasteiger partial charge on any atom is 0.165 e. The van der Waals surface area contributed by atoms with Gasteiger partial charge in [0.05, 0.1) is 5.60 Å². The Morgan fingerprint density at radius 2 is 1.70 bits per heavy atom. The van der Waals surface area contributed by atoms with Crippen LogP contribution in [0.4, 0.5) is 0 Å². The molecule has 1 fully saturated rings. The maximum absolute atomic E-state index is 5.47. The van der Waals surface area contributed by atoms with Gasteiger partial charge >= 0.3 is 0 Å². The quantitative estimate of drug-likeness (QED) is 0.558. The summed E-state index contributed by atoms with van der Waals surface area (Å²) in [4.78, 5) is 0. The average Bonchev–Trinajstić information content (AvgIpc) is 1.83. The van der Waals surface area contributed by atoms with Gasteiger partial charge in [0, 0.05) is 12.5 Å². The maximum atomic E-state index is 5.47. The second kappa shape index (κ2) is 1.95. The Kier molecular flexibility index (Phi) is 1.57. The first-order chi connectivity index (χ1) is 4.42. The van der Waals surface area contributed by atoms with E-state index in [1.165, 1.54) is 0 Å². The zero-order valence-electron chi connectivity index (χ0n) is 7.39. The lowest BCUT2D eigenvalue weighted by molar-refractivity contribution is -0.373. The van der Waals surface area contributed by atoms with E-state index in [9.17, 15) is 0 Å². The van der Waals surface area contributed by atoms with Crippen molar-refractivity contribution in [1.29, 1.82) is 0 Å². The van der Waals surface area contributed by atoms with Crippen molar-refractivity contribution < 1.29 is 9.47 Å². The first kappa shape index (κ1) is 8.02. The summed E-state index contributed by atoms with van der Waals surface area (Å²) in [5.41, 5.74) is 0.107. The van der Waals surface area contributed by atoms with Crippen LogP contribution >= 0.6 is 0 Å². The van der Waals surface area contributed by atoms with Crippen LogP contribution in [0.5, 0.6) is 0 Å². The fourth-order valence-corrected chi connectivity index (χ4v) is 1.14. The van der Waals surface area contributed by atoms with Crippen molar-refractivity contribution in [1.82, 2.24) is 0 Å². The van der Waals surface area contributed by atoms with Crippen LogP contribution in [-0.4, -0.2) is 19.0 Å². The van der Waals surface area contributed by atoms with E-state index in [1.807, 2.05) is 0 Å². The molecule has 0 spiro atoms. The summed E-state index contributed by atoms with van der Waals surface area (Å²) in [5, 5.41) is 0. The summed E-state index contributed by atoms with van der Waals surface area (Å²) in [6, 6.07) is 0. The normalized spacial score (nSPS) is 35.1. The smallest absolute Gasteiger partial charge is 0.165 e. The molecule has 2 heteroatoms. The van der Waals surface area contributed by atoms with Gasteiger partial charge in [-0.2, -0.15) is 0 Å². The Labute approximate surface area is 62.5 Å². The largest absolute Gasteiger partial charge is 0.355 e. The van der Waals surface area contributed by atoms with Crippen LogP contribution in [-0.2, 0) is 9.47 Å². The summed E-state index contributed by atoms with van der Waals surface area (Å²) >= 11 is 0. The van der Waals surface area contributed by atoms with E-state index in [1.54, 1.807) is 7.11 Å². The predicted octanol–water partition coefficient (Wildman–Crippen LogP) is 1.79. The van der Waals surface area contributed by atoms with E-state index >= 15 is 0 Å². The molecule has 10 heavy (non-hydrogen) atoms. The van der Waals surface area contributed by atoms with Gasteiger partial charge in [-0.25, -0.2) is 0 Å². The van der Waals surface area contributed by atoms with E-state index in [4.69, 9.17) is 9.47 Å². The van der Waals surface area contributed by atoms with Crippen molar-refractivity contribution in [2.24, 2.45) is 5.41 Å². The molecule has 0 amide bonds. The topological polar surface area (TPSA) is 18.5 Å². The third kappa shape index (κ3) is 0.789. The Balaban J connectivity index is 2.65. The van der Waals surface area contributed by atoms with Crippen LogP contribution in [0, 0.1) is 5.41 Å². The second-order valence-electron chi connectivity index (χ2n) is 3.92. The molecular weight excluding hydrogens is 128 g/mol. The van der Waals surface area contributed by atoms with Gasteiger partial charge in [-0.3, -0.25) is 0 Å². The molecule has 0 aromatic carbocycles. The average molecular weight is 144 g/mol. The van der Waals surface area contributed by atoms with Crippen LogP contribution < -0.4 is 0 Å². The second-order valence-corrected chi connectivity index (χ2v) is 3.92. The monoisotopic (exact) mass is 144 g/mol. The molecule has 1 unspecified atom stereocenters. The molecule has 1 rings (SSSR count). The van der Waals surface area contributed by atoms with Crippen LogP contribution in [0.15, 0.2) is 0 Å². The Hall–Kier alpha value is -0.0800. The van der Waals surface area contributed by atoms with E-state index in [0.29, 0.717) is 0 Å². The van der Waals surface area contributed by atoms with Crippen LogP contribution in [0.3, 0.4) is 0 Å². The van der Waals surface area contributed by atoms with Crippen molar-refractivity contribution in [3.8, 4) is 0 Å². The fourth-order valence-electron chi connectivity index (χ4n) is 1.14. The van der Waals surface area contributed by atoms with Gasteiger partial charge < -0.3 is 9.47 Å². The van der Waals surface area contributed by atoms with Crippen molar-refractivity contribution in [2.75, 3.05) is 7.11 Å². The number of rotatable bonds is 1. The van der Waals surface area contributed by atoms with Crippen LogP contribution in [0.2, 0.25) is 0 Å². The molecule has 0 aromatic rings. The minimum Gasteiger partial charge on any atom is -0.355 e. The zero-order chi connectivity index (χ0) is 7.99. The molecule has 60 valence electrons. The first-order valence-electron chi connectivity index (χ1n) is 3.62. The fraction of sp³-hybridized carbons (Fsp3) is 1.00. The highest BCUT2D eigenvalue weighted by Crippen LogP contribution is 2.49. The van der Waals surface area contributed by atoms with Crippen LogP contribution in [0.25, 0.3) is 0 Å². The summed E-state index contributed by atoms with van der Waals surface area (Å²) in [6.45, 7) is 8.49. The SMILES string of the molecule is COC1OC(C)(C)C1(C)C. The number of ether oxygens (including phenoxy) is 2. The van der Waals surface area contributed by atoms with E-state index < -0.39 is 0 Å². The molecular formula is C8H16O2. The van der Waals surface area contributed by atoms with Gasteiger partial charge in [0.15, 0.2) is 6.29 Å². The third-order valence-electron chi connectivity index (χ3n) is 2.76. The highest BCUT2D eigenvalue weighted by Gasteiger charge is 2.56. The molecule has 2 nitrogen and oxygen atoms in total. The molecule has 0 aliphatic carbocycles. The lowest BCUT2D eigenvalue weighted by Crippen LogP contribution is -2.63. The third-order valence-corrected chi connectivity index (χ3v) is 2.76. The molecule has 1 atom stereocenters. The highest BCUT2D eigenvalue weighted by atomic mass is 16.7. The molecule has 1 aliphatic rings. The molecule has 0 N–H and O–H groups in total. The van der Waals surface area contributed by atoms with Gasteiger partial charge in [-0.05, 0) is 13.8 Å². The highest BCUT2D eigenvalue weighted by molar-refractivity contribution is 4.99. The molecule has 1 aliphatic heterocycles. The van der Waals surface area contributed by atoms with Crippen molar-refractivity contribution in [3.63, 3.8) is 0 Å². The van der Waals surface area contributed by atoms with Gasteiger partial charge in [-0.1, -0.05) is 13.8 Å². The van der Waals surface area contributed by atoms with Gasteiger partial charge in [0.1, 0.15) is 0 Å². The Morgan fingerprint density at radius 1 is 1.20 bits per heavy atom. The minimum absolute atomic E-state index is 0.0255. The molecule has 0 saturated carbocycles. The summed E-state index contributed by atoms with van der Waals surface area (Å²) in [5.74, 6) is 0. The van der Waals surface area contributed by atoms with E-state index in [-0.39, 0.29) is 17.3 Å². The standard InChI is InChI=1S/C8H16O2/c1-7(2)6(9-5)10-8(7,3)4/h6H,1-5H3. The van der Waals surface area contributed by atoms with Gasteiger partial charge in [0.25, 0.3) is 0 Å². The number of hydrogen-bond donors (Lipinski definition) is 0. The Morgan fingerprint density at radius 3 is 1.80 bits per heavy atom. The molecule has 1 saturated heterocycles. The van der Waals surface area contributed by atoms with E-state index in [2.05, 4.69) is 27.7 Å². The summed E-state index contributed by atoms with van der Waals surface area (Å²) in [6.07, 6.45) is -0.0255.